The Hall–Kier alpha value is -1.39. The van der Waals surface area contributed by atoms with E-state index in [0.29, 0.717) is 18.7 Å². The molecule has 1 amide bonds. The second kappa shape index (κ2) is 6.52. The van der Waals surface area contributed by atoms with Crippen LogP contribution in [0.25, 0.3) is 0 Å². The van der Waals surface area contributed by atoms with Gasteiger partial charge in [-0.2, -0.15) is 0 Å². The Labute approximate surface area is 107 Å². The molecule has 0 radical (unpaired) electrons. The van der Waals surface area contributed by atoms with Gasteiger partial charge in [-0.25, -0.2) is 0 Å². The number of hydrogen-bond acceptors (Lipinski definition) is 3. The van der Waals surface area contributed by atoms with Gasteiger partial charge in [0.2, 0.25) is 0 Å². The van der Waals surface area contributed by atoms with Crippen LogP contribution in [-0.2, 0) is 16.1 Å². The van der Waals surface area contributed by atoms with Crippen LogP contribution in [0.5, 0.6) is 0 Å². The molecule has 1 fully saturated rings. The van der Waals surface area contributed by atoms with Gasteiger partial charge >= 0.3 is 0 Å². The van der Waals surface area contributed by atoms with Gasteiger partial charge in [-0.15, -0.1) is 0 Å². The van der Waals surface area contributed by atoms with Crippen molar-refractivity contribution in [3.8, 4) is 0 Å². The first-order valence-electron chi connectivity index (χ1n) is 6.27. The van der Waals surface area contributed by atoms with Crippen molar-refractivity contribution in [3.63, 3.8) is 0 Å². The SMILES string of the molecule is COCc1ccc(C(=O)NC[C@@H]2CCCO2)cc1. The predicted octanol–water partition coefficient (Wildman–Crippen LogP) is 1.74. The van der Waals surface area contributed by atoms with Crippen LogP contribution < -0.4 is 5.32 Å². The Bertz CT molecular complexity index is 383. The third kappa shape index (κ3) is 3.55. The topological polar surface area (TPSA) is 47.6 Å². The fourth-order valence-corrected chi connectivity index (χ4v) is 2.03. The summed E-state index contributed by atoms with van der Waals surface area (Å²) in [7, 11) is 1.65. The molecule has 1 aromatic carbocycles. The van der Waals surface area contributed by atoms with Crippen LogP contribution >= 0.6 is 0 Å². The molecule has 18 heavy (non-hydrogen) atoms. The molecule has 1 atom stereocenters. The fourth-order valence-electron chi connectivity index (χ4n) is 2.03. The Morgan fingerprint density at radius 3 is 2.83 bits per heavy atom. The van der Waals surface area contributed by atoms with Gasteiger partial charge in [-0.3, -0.25) is 4.79 Å². The maximum atomic E-state index is 11.9. The monoisotopic (exact) mass is 249 g/mol. The minimum absolute atomic E-state index is 0.0468. The molecule has 0 bridgehead atoms. The third-order valence-corrected chi connectivity index (χ3v) is 3.04. The van der Waals surface area contributed by atoms with Crippen LogP contribution in [0.15, 0.2) is 24.3 Å². The molecule has 4 nitrogen and oxygen atoms in total. The number of carbonyl (C=O) groups is 1. The van der Waals surface area contributed by atoms with Gasteiger partial charge < -0.3 is 14.8 Å². The smallest absolute Gasteiger partial charge is 0.251 e. The summed E-state index contributed by atoms with van der Waals surface area (Å²) in [6.45, 7) is 1.97. The average Bonchev–Trinajstić information content (AvgIpc) is 2.90. The van der Waals surface area contributed by atoms with E-state index in [2.05, 4.69) is 5.32 Å². The highest BCUT2D eigenvalue weighted by atomic mass is 16.5. The van der Waals surface area contributed by atoms with E-state index >= 15 is 0 Å². The van der Waals surface area contributed by atoms with Gasteiger partial charge in [0, 0.05) is 25.8 Å². The van der Waals surface area contributed by atoms with E-state index < -0.39 is 0 Å². The Kier molecular flexibility index (Phi) is 4.73. The van der Waals surface area contributed by atoms with E-state index in [4.69, 9.17) is 9.47 Å². The summed E-state index contributed by atoms with van der Waals surface area (Å²) in [6.07, 6.45) is 2.31. The van der Waals surface area contributed by atoms with E-state index in [-0.39, 0.29) is 12.0 Å². The lowest BCUT2D eigenvalue weighted by Crippen LogP contribution is -2.31. The summed E-state index contributed by atoms with van der Waals surface area (Å²) < 4.78 is 10.5. The highest BCUT2D eigenvalue weighted by molar-refractivity contribution is 5.94. The Morgan fingerprint density at radius 2 is 2.22 bits per heavy atom. The van der Waals surface area contributed by atoms with E-state index in [1.807, 2.05) is 24.3 Å². The van der Waals surface area contributed by atoms with E-state index in [1.54, 1.807) is 7.11 Å². The summed E-state index contributed by atoms with van der Waals surface area (Å²) in [5.74, 6) is -0.0468. The third-order valence-electron chi connectivity index (χ3n) is 3.04. The molecule has 98 valence electrons. The van der Waals surface area contributed by atoms with Crippen LogP contribution in [-0.4, -0.2) is 32.3 Å². The quantitative estimate of drug-likeness (QED) is 0.864. The number of hydrogen-bond donors (Lipinski definition) is 1. The predicted molar refractivity (Wildman–Crippen MR) is 68.5 cm³/mol. The van der Waals surface area contributed by atoms with E-state index in [0.717, 1.165) is 25.0 Å². The lowest BCUT2D eigenvalue weighted by Gasteiger charge is -2.11. The van der Waals surface area contributed by atoms with Crippen molar-refractivity contribution in [2.24, 2.45) is 0 Å². The molecule has 0 saturated carbocycles. The van der Waals surface area contributed by atoms with Crippen molar-refractivity contribution in [3.05, 3.63) is 35.4 Å². The molecule has 1 aliphatic rings. The standard InChI is InChI=1S/C14H19NO3/c1-17-10-11-4-6-12(7-5-11)14(16)15-9-13-3-2-8-18-13/h4-7,13H,2-3,8-10H2,1H3,(H,15,16)/t13-/m0/s1. The van der Waals surface area contributed by atoms with Crippen LogP contribution in [0.4, 0.5) is 0 Å². The largest absolute Gasteiger partial charge is 0.380 e. The van der Waals surface area contributed by atoms with Crippen molar-refractivity contribution in [1.82, 2.24) is 5.32 Å². The number of amides is 1. The highest BCUT2D eigenvalue weighted by Gasteiger charge is 2.16. The zero-order valence-electron chi connectivity index (χ0n) is 10.6. The number of carbonyl (C=O) groups excluding carboxylic acids is 1. The first-order chi connectivity index (χ1) is 8.79. The van der Waals surface area contributed by atoms with Gasteiger partial charge in [0.1, 0.15) is 0 Å². The van der Waals surface area contributed by atoms with Gasteiger partial charge in [-0.1, -0.05) is 12.1 Å². The van der Waals surface area contributed by atoms with Gasteiger partial charge in [0.15, 0.2) is 0 Å². The second-order valence-corrected chi connectivity index (χ2v) is 4.47. The van der Waals surface area contributed by atoms with Crippen LogP contribution in [0.3, 0.4) is 0 Å². The van der Waals surface area contributed by atoms with Crippen LogP contribution in [0.1, 0.15) is 28.8 Å². The molecule has 2 rings (SSSR count). The number of ether oxygens (including phenoxy) is 2. The van der Waals surface area contributed by atoms with E-state index in [1.165, 1.54) is 0 Å². The minimum Gasteiger partial charge on any atom is -0.380 e. The first kappa shape index (κ1) is 13.1. The molecular weight excluding hydrogens is 230 g/mol. The summed E-state index contributed by atoms with van der Waals surface area (Å²) in [5.41, 5.74) is 1.74. The van der Waals surface area contributed by atoms with Gasteiger partial charge in [0.25, 0.3) is 5.91 Å². The highest BCUT2D eigenvalue weighted by Crippen LogP contribution is 2.11. The second-order valence-electron chi connectivity index (χ2n) is 4.47. The molecule has 1 aliphatic heterocycles. The average molecular weight is 249 g/mol. The van der Waals surface area contributed by atoms with Gasteiger partial charge in [-0.05, 0) is 30.5 Å². The Balaban J connectivity index is 1.83. The first-order valence-corrected chi connectivity index (χ1v) is 6.27. The van der Waals surface area contributed by atoms with Crippen molar-refractivity contribution in [2.45, 2.75) is 25.6 Å². The summed E-state index contributed by atoms with van der Waals surface area (Å²) in [4.78, 5) is 11.9. The number of benzene rings is 1. The molecule has 4 heteroatoms. The lowest BCUT2D eigenvalue weighted by atomic mass is 10.1. The van der Waals surface area contributed by atoms with Crippen molar-refractivity contribution < 1.29 is 14.3 Å². The van der Waals surface area contributed by atoms with Crippen LogP contribution in [0, 0.1) is 0 Å². The molecule has 0 aromatic heterocycles. The van der Waals surface area contributed by atoms with Crippen molar-refractivity contribution >= 4 is 5.91 Å². The maximum Gasteiger partial charge on any atom is 0.251 e. The molecule has 1 aromatic rings. The van der Waals surface area contributed by atoms with E-state index in [9.17, 15) is 4.79 Å². The van der Waals surface area contributed by atoms with Gasteiger partial charge in [0.05, 0.1) is 12.7 Å². The molecular formula is C14H19NO3. The lowest BCUT2D eigenvalue weighted by molar-refractivity contribution is 0.0857. The zero-order chi connectivity index (χ0) is 12.8. The Morgan fingerprint density at radius 1 is 1.44 bits per heavy atom. The fraction of sp³-hybridized carbons (Fsp3) is 0.500. The van der Waals surface area contributed by atoms with Crippen LogP contribution in [0.2, 0.25) is 0 Å². The number of nitrogens with one attached hydrogen (secondary N) is 1. The minimum atomic E-state index is -0.0468. The molecule has 0 spiro atoms. The summed E-state index contributed by atoms with van der Waals surface area (Å²) >= 11 is 0. The molecule has 0 unspecified atom stereocenters. The summed E-state index contributed by atoms with van der Waals surface area (Å²) in [5, 5.41) is 2.90. The normalized spacial score (nSPS) is 18.8. The maximum absolute atomic E-state index is 11.9. The molecule has 1 heterocycles. The number of methoxy groups -OCH3 is 1. The van der Waals surface area contributed by atoms with Crippen molar-refractivity contribution in [2.75, 3.05) is 20.3 Å². The summed E-state index contributed by atoms with van der Waals surface area (Å²) in [6, 6.07) is 7.45. The molecule has 1 N–H and O–H groups in total. The molecule has 1 saturated heterocycles. The number of rotatable bonds is 5. The molecule has 0 aliphatic carbocycles. The zero-order valence-corrected chi connectivity index (χ0v) is 10.6. The van der Waals surface area contributed by atoms with Crippen molar-refractivity contribution in [1.29, 1.82) is 0 Å².